The molecule has 1 fully saturated rings. The second-order valence-electron chi connectivity index (χ2n) is 3.18. The summed E-state index contributed by atoms with van der Waals surface area (Å²) in [4.78, 5) is 12.8. The van der Waals surface area contributed by atoms with E-state index in [1.165, 1.54) is 6.08 Å². The van der Waals surface area contributed by atoms with Gasteiger partial charge in [-0.1, -0.05) is 13.5 Å². The Morgan fingerprint density at radius 3 is 2.83 bits per heavy atom. The molecule has 12 heavy (non-hydrogen) atoms. The Labute approximate surface area is 72.7 Å². The number of likely N-dealkylation sites (tertiary alicyclic amines) is 1. The molecule has 1 aliphatic heterocycles. The summed E-state index contributed by atoms with van der Waals surface area (Å²) in [6.45, 7) is 6.56. The van der Waals surface area contributed by atoms with Gasteiger partial charge in [-0.2, -0.15) is 0 Å². The van der Waals surface area contributed by atoms with Crippen molar-refractivity contribution >= 4 is 5.91 Å². The summed E-state index contributed by atoms with van der Waals surface area (Å²) in [5.41, 5.74) is 0. The molecule has 3 nitrogen and oxygen atoms in total. The lowest BCUT2D eigenvalue weighted by molar-refractivity contribution is -0.125. The van der Waals surface area contributed by atoms with Gasteiger partial charge in [0.1, 0.15) is 0 Å². The van der Waals surface area contributed by atoms with E-state index in [9.17, 15) is 9.90 Å². The molecular formula is C9H15NO2. The first-order chi connectivity index (χ1) is 5.69. The predicted octanol–water partition coefficient (Wildman–Crippen LogP) is 0.402. The first kappa shape index (κ1) is 9.26. The van der Waals surface area contributed by atoms with Crippen LogP contribution in [0.5, 0.6) is 0 Å². The zero-order valence-corrected chi connectivity index (χ0v) is 7.36. The average Bonchev–Trinajstić information content (AvgIpc) is 2.45. The fourth-order valence-corrected chi connectivity index (χ4v) is 1.56. The van der Waals surface area contributed by atoms with Crippen LogP contribution in [0.25, 0.3) is 0 Å². The molecular weight excluding hydrogens is 154 g/mol. The van der Waals surface area contributed by atoms with Gasteiger partial charge in [-0.05, 0) is 12.5 Å². The Kier molecular flexibility index (Phi) is 2.87. The molecule has 1 heterocycles. The third-order valence-corrected chi connectivity index (χ3v) is 2.42. The number of carbonyl (C=O) groups excluding carboxylic acids is 1. The number of nitrogens with zero attached hydrogens (tertiary/aromatic N) is 1. The molecule has 1 aliphatic rings. The maximum atomic E-state index is 11.1. The number of aliphatic hydroxyl groups excluding tert-OH is 1. The van der Waals surface area contributed by atoms with Crippen molar-refractivity contribution in [1.29, 1.82) is 0 Å². The largest absolute Gasteiger partial charge is 0.391 e. The maximum absolute atomic E-state index is 11.1. The standard InChI is InChI=1S/C9H15NO2/c1-3-7-5-10(6-8(7)11)9(12)4-2/h4,7-8,11H,2-3,5-6H2,1H3. The Morgan fingerprint density at radius 2 is 2.42 bits per heavy atom. The number of β-amino-alcohol motifs (C(OH)–C–C–N with tert-alkyl or cyclic N) is 1. The molecule has 68 valence electrons. The van der Waals surface area contributed by atoms with Gasteiger partial charge in [-0.3, -0.25) is 4.79 Å². The second-order valence-corrected chi connectivity index (χ2v) is 3.18. The lowest BCUT2D eigenvalue weighted by atomic mass is 10.0. The van der Waals surface area contributed by atoms with E-state index in [2.05, 4.69) is 6.58 Å². The van der Waals surface area contributed by atoms with Gasteiger partial charge in [-0.15, -0.1) is 0 Å². The zero-order valence-electron chi connectivity index (χ0n) is 7.36. The summed E-state index contributed by atoms with van der Waals surface area (Å²) in [6, 6.07) is 0. The summed E-state index contributed by atoms with van der Waals surface area (Å²) in [5.74, 6) is 0.166. The number of amides is 1. The second kappa shape index (κ2) is 3.72. The van der Waals surface area contributed by atoms with Crippen molar-refractivity contribution in [1.82, 2.24) is 4.90 Å². The van der Waals surface area contributed by atoms with Crippen LogP contribution >= 0.6 is 0 Å². The van der Waals surface area contributed by atoms with Crippen LogP contribution in [0.1, 0.15) is 13.3 Å². The van der Waals surface area contributed by atoms with Gasteiger partial charge in [0.15, 0.2) is 0 Å². The monoisotopic (exact) mass is 169 g/mol. The van der Waals surface area contributed by atoms with Crippen LogP contribution in [0.15, 0.2) is 12.7 Å². The van der Waals surface area contributed by atoms with Gasteiger partial charge < -0.3 is 10.0 Å². The number of hydrogen-bond donors (Lipinski definition) is 1. The summed E-state index contributed by atoms with van der Waals surface area (Å²) in [7, 11) is 0. The van der Waals surface area contributed by atoms with Gasteiger partial charge >= 0.3 is 0 Å². The Morgan fingerprint density at radius 1 is 1.75 bits per heavy atom. The molecule has 0 spiro atoms. The number of hydrogen-bond acceptors (Lipinski definition) is 2. The molecule has 3 heteroatoms. The third-order valence-electron chi connectivity index (χ3n) is 2.42. The molecule has 0 bridgehead atoms. The minimum atomic E-state index is -0.348. The highest BCUT2D eigenvalue weighted by Gasteiger charge is 2.31. The molecule has 2 atom stereocenters. The maximum Gasteiger partial charge on any atom is 0.246 e. The van der Waals surface area contributed by atoms with E-state index in [0.717, 1.165) is 6.42 Å². The van der Waals surface area contributed by atoms with E-state index >= 15 is 0 Å². The first-order valence-electron chi connectivity index (χ1n) is 4.28. The zero-order chi connectivity index (χ0) is 9.14. The summed E-state index contributed by atoms with van der Waals surface area (Å²) in [6.07, 6.45) is 1.87. The van der Waals surface area contributed by atoms with Crippen LogP contribution in [0, 0.1) is 5.92 Å². The van der Waals surface area contributed by atoms with Gasteiger partial charge in [0.2, 0.25) is 5.91 Å². The van der Waals surface area contributed by atoms with Gasteiger partial charge in [-0.25, -0.2) is 0 Å². The smallest absolute Gasteiger partial charge is 0.246 e. The van der Waals surface area contributed by atoms with E-state index in [0.29, 0.717) is 13.1 Å². The molecule has 0 saturated carbocycles. The normalized spacial score (nSPS) is 29.0. The summed E-state index contributed by atoms with van der Waals surface area (Å²) < 4.78 is 0. The van der Waals surface area contributed by atoms with E-state index in [1.54, 1.807) is 4.90 Å². The fourth-order valence-electron chi connectivity index (χ4n) is 1.56. The van der Waals surface area contributed by atoms with Crippen LogP contribution in [0.2, 0.25) is 0 Å². The minimum absolute atomic E-state index is 0.0787. The number of rotatable bonds is 2. The summed E-state index contributed by atoms with van der Waals surface area (Å²) >= 11 is 0. The fraction of sp³-hybridized carbons (Fsp3) is 0.667. The van der Waals surface area contributed by atoms with Crippen molar-refractivity contribution in [2.24, 2.45) is 5.92 Å². The van der Waals surface area contributed by atoms with Crippen molar-refractivity contribution in [2.45, 2.75) is 19.4 Å². The minimum Gasteiger partial charge on any atom is -0.391 e. The average molecular weight is 169 g/mol. The van der Waals surface area contributed by atoms with Crippen molar-refractivity contribution in [3.8, 4) is 0 Å². The quantitative estimate of drug-likeness (QED) is 0.608. The highest BCUT2D eigenvalue weighted by Crippen LogP contribution is 2.19. The van der Waals surface area contributed by atoms with Crippen molar-refractivity contribution in [3.63, 3.8) is 0 Å². The van der Waals surface area contributed by atoms with Gasteiger partial charge in [0.25, 0.3) is 0 Å². The Balaban J connectivity index is 2.53. The van der Waals surface area contributed by atoms with Crippen LogP contribution in [0.4, 0.5) is 0 Å². The SMILES string of the molecule is C=CC(=O)N1CC(O)C(CC)C1. The van der Waals surface area contributed by atoms with Crippen molar-refractivity contribution in [2.75, 3.05) is 13.1 Å². The molecule has 1 saturated heterocycles. The van der Waals surface area contributed by atoms with Crippen LogP contribution in [-0.2, 0) is 4.79 Å². The lowest BCUT2D eigenvalue weighted by Gasteiger charge is -2.12. The van der Waals surface area contributed by atoms with Crippen molar-refractivity contribution < 1.29 is 9.90 Å². The van der Waals surface area contributed by atoms with E-state index < -0.39 is 0 Å². The highest BCUT2D eigenvalue weighted by atomic mass is 16.3. The molecule has 1 amide bonds. The van der Waals surface area contributed by atoms with E-state index in [4.69, 9.17) is 0 Å². The first-order valence-corrected chi connectivity index (χ1v) is 4.28. The van der Waals surface area contributed by atoms with Crippen LogP contribution < -0.4 is 0 Å². The van der Waals surface area contributed by atoms with Gasteiger partial charge in [0.05, 0.1) is 6.10 Å². The predicted molar refractivity (Wildman–Crippen MR) is 46.6 cm³/mol. The molecule has 0 radical (unpaired) electrons. The lowest BCUT2D eigenvalue weighted by Crippen LogP contribution is -2.27. The number of aliphatic hydroxyl groups is 1. The molecule has 0 aliphatic carbocycles. The van der Waals surface area contributed by atoms with Crippen LogP contribution in [0.3, 0.4) is 0 Å². The molecule has 0 aromatic heterocycles. The molecule has 0 aromatic carbocycles. The Hall–Kier alpha value is -0.830. The molecule has 0 aromatic rings. The number of carbonyl (C=O) groups is 1. The summed E-state index contributed by atoms with van der Waals surface area (Å²) in [5, 5.41) is 9.48. The highest BCUT2D eigenvalue weighted by molar-refractivity contribution is 5.87. The van der Waals surface area contributed by atoms with E-state index in [1.807, 2.05) is 6.92 Å². The Bertz CT molecular complexity index is 191. The van der Waals surface area contributed by atoms with Crippen molar-refractivity contribution in [3.05, 3.63) is 12.7 Å². The van der Waals surface area contributed by atoms with E-state index in [-0.39, 0.29) is 17.9 Å². The van der Waals surface area contributed by atoms with Gasteiger partial charge in [0, 0.05) is 19.0 Å². The third kappa shape index (κ3) is 1.67. The molecule has 2 unspecified atom stereocenters. The van der Waals surface area contributed by atoms with Crippen LogP contribution in [-0.4, -0.2) is 35.1 Å². The molecule has 1 N–H and O–H groups in total. The topological polar surface area (TPSA) is 40.5 Å². The molecule has 1 rings (SSSR count).